The number of hydrogen-bond acceptors (Lipinski definition) is 4. The van der Waals surface area contributed by atoms with Crippen LogP contribution in [0.3, 0.4) is 0 Å². The fourth-order valence-corrected chi connectivity index (χ4v) is 4.21. The largest absolute Gasteiger partial charge is 0.484 e. The van der Waals surface area contributed by atoms with E-state index in [1.54, 1.807) is 18.2 Å². The van der Waals surface area contributed by atoms with E-state index in [0.29, 0.717) is 39.7 Å². The molecule has 0 bridgehead atoms. The molecule has 1 aliphatic rings. The molecular weight excluding hydrogens is 397 g/mol. The smallest absolute Gasteiger partial charge is 0.258 e. The molecule has 31 heavy (non-hydrogen) atoms. The Morgan fingerprint density at radius 3 is 2.71 bits per heavy atom. The molecule has 0 aliphatic heterocycles. The Morgan fingerprint density at radius 1 is 1.16 bits per heavy atom. The molecule has 1 aromatic heterocycles. The molecule has 2 aromatic carbocycles. The molecule has 6 heteroatoms. The van der Waals surface area contributed by atoms with Crippen LogP contribution in [0.4, 0.5) is 4.39 Å². The van der Waals surface area contributed by atoms with Gasteiger partial charge in [0.05, 0.1) is 10.9 Å². The van der Waals surface area contributed by atoms with Gasteiger partial charge in [0.1, 0.15) is 23.4 Å². The van der Waals surface area contributed by atoms with Crippen LogP contribution in [0.2, 0.25) is 0 Å². The molecule has 1 amide bonds. The molecule has 1 heterocycles. The van der Waals surface area contributed by atoms with Gasteiger partial charge in [0.2, 0.25) is 0 Å². The summed E-state index contributed by atoms with van der Waals surface area (Å²) in [4.78, 5) is 25.2. The second-order valence-electron chi connectivity index (χ2n) is 8.37. The van der Waals surface area contributed by atoms with Gasteiger partial charge in [0.25, 0.3) is 5.91 Å². The van der Waals surface area contributed by atoms with Crippen molar-refractivity contribution in [3.8, 4) is 16.9 Å². The lowest BCUT2D eigenvalue weighted by Crippen LogP contribution is -2.45. The summed E-state index contributed by atoms with van der Waals surface area (Å²) >= 11 is 0. The van der Waals surface area contributed by atoms with E-state index < -0.39 is 0 Å². The first kappa shape index (κ1) is 21.1. The third-order valence-electron chi connectivity index (χ3n) is 6.32. The van der Waals surface area contributed by atoms with E-state index in [-0.39, 0.29) is 29.8 Å². The lowest BCUT2D eigenvalue weighted by molar-refractivity contribution is -0.124. The van der Waals surface area contributed by atoms with Crippen molar-refractivity contribution in [2.75, 3.05) is 6.61 Å². The first-order valence-electron chi connectivity index (χ1n) is 10.7. The lowest BCUT2D eigenvalue weighted by Gasteiger charge is -2.34. The Labute approximate surface area is 180 Å². The van der Waals surface area contributed by atoms with Crippen LogP contribution in [-0.2, 0) is 4.79 Å². The molecule has 0 radical (unpaired) electrons. The van der Waals surface area contributed by atoms with Crippen molar-refractivity contribution in [1.82, 2.24) is 5.32 Å². The van der Waals surface area contributed by atoms with Crippen LogP contribution in [-0.4, -0.2) is 18.6 Å². The monoisotopic (exact) mass is 423 g/mol. The van der Waals surface area contributed by atoms with Crippen LogP contribution in [0, 0.1) is 17.7 Å². The average molecular weight is 423 g/mol. The predicted octanol–water partition coefficient (Wildman–Crippen LogP) is 4.92. The second kappa shape index (κ2) is 8.92. The minimum Gasteiger partial charge on any atom is -0.484 e. The van der Waals surface area contributed by atoms with Crippen molar-refractivity contribution in [2.45, 2.75) is 39.2 Å². The number of rotatable bonds is 5. The Balaban J connectivity index is 1.44. The Bertz CT molecular complexity index is 1140. The van der Waals surface area contributed by atoms with Gasteiger partial charge in [-0.2, -0.15) is 0 Å². The zero-order valence-electron chi connectivity index (χ0n) is 17.7. The minimum atomic E-state index is -0.368. The molecule has 0 spiro atoms. The van der Waals surface area contributed by atoms with Crippen molar-refractivity contribution in [1.29, 1.82) is 0 Å². The summed E-state index contributed by atoms with van der Waals surface area (Å²) in [5.41, 5.74) is 1.10. The third-order valence-corrected chi connectivity index (χ3v) is 6.32. The highest BCUT2D eigenvalue weighted by atomic mass is 19.1. The molecule has 1 fully saturated rings. The van der Waals surface area contributed by atoms with Gasteiger partial charge in [-0.25, -0.2) is 4.39 Å². The predicted molar refractivity (Wildman–Crippen MR) is 117 cm³/mol. The first-order chi connectivity index (χ1) is 14.9. The summed E-state index contributed by atoms with van der Waals surface area (Å²) in [6.45, 7) is 4.31. The molecule has 1 N–H and O–H groups in total. The number of ether oxygens (including phenoxy) is 1. The van der Waals surface area contributed by atoms with Crippen LogP contribution in [0.25, 0.3) is 22.1 Å². The SMILES string of the molecule is C[C@@H]1[C@H](C)CCC[C@H]1NC(=O)COc1ccc2c(=O)c(-c3ccc(F)cc3)coc2c1. The fraction of sp³-hybridized carbons (Fsp3) is 0.360. The Kier molecular flexibility index (Phi) is 6.07. The van der Waals surface area contributed by atoms with Crippen LogP contribution in [0.15, 0.2) is 57.9 Å². The van der Waals surface area contributed by atoms with Gasteiger partial charge < -0.3 is 14.5 Å². The van der Waals surface area contributed by atoms with Crippen molar-refractivity contribution >= 4 is 16.9 Å². The number of fused-ring (bicyclic) bond motifs is 1. The highest BCUT2D eigenvalue weighted by Crippen LogP contribution is 2.29. The molecule has 1 aliphatic carbocycles. The van der Waals surface area contributed by atoms with E-state index in [4.69, 9.17) is 9.15 Å². The number of carbonyl (C=O) groups excluding carboxylic acids is 1. The molecule has 1 saturated carbocycles. The van der Waals surface area contributed by atoms with Crippen LogP contribution >= 0.6 is 0 Å². The van der Waals surface area contributed by atoms with Gasteiger partial charge in [-0.3, -0.25) is 9.59 Å². The third kappa shape index (κ3) is 4.63. The van der Waals surface area contributed by atoms with Crippen molar-refractivity contribution < 1.29 is 18.3 Å². The van der Waals surface area contributed by atoms with Crippen LogP contribution in [0.5, 0.6) is 5.75 Å². The van der Waals surface area contributed by atoms with Crippen molar-refractivity contribution in [2.24, 2.45) is 11.8 Å². The maximum atomic E-state index is 13.2. The van der Waals surface area contributed by atoms with E-state index in [0.717, 1.165) is 12.8 Å². The van der Waals surface area contributed by atoms with Gasteiger partial charge in [-0.05, 0) is 48.1 Å². The van der Waals surface area contributed by atoms with E-state index in [1.165, 1.54) is 36.9 Å². The topological polar surface area (TPSA) is 68.5 Å². The highest BCUT2D eigenvalue weighted by Gasteiger charge is 2.28. The average Bonchev–Trinajstić information content (AvgIpc) is 2.76. The fourth-order valence-electron chi connectivity index (χ4n) is 4.21. The quantitative estimate of drug-likeness (QED) is 0.633. The summed E-state index contributed by atoms with van der Waals surface area (Å²) < 4.78 is 24.4. The normalized spacial score (nSPS) is 21.1. The summed E-state index contributed by atoms with van der Waals surface area (Å²) in [6, 6.07) is 10.7. The minimum absolute atomic E-state index is 0.0962. The zero-order chi connectivity index (χ0) is 22.0. The summed E-state index contributed by atoms with van der Waals surface area (Å²) in [5.74, 6) is 0.975. The number of nitrogens with one attached hydrogen (secondary N) is 1. The molecule has 3 aromatic rings. The van der Waals surface area contributed by atoms with Crippen LogP contribution in [0.1, 0.15) is 33.1 Å². The van der Waals surface area contributed by atoms with E-state index in [1.807, 2.05) is 0 Å². The number of amides is 1. The molecule has 5 nitrogen and oxygen atoms in total. The molecule has 4 rings (SSSR count). The Hall–Kier alpha value is -3.15. The maximum Gasteiger partial charge on any atom is 0.258 e. The molecule has 162 valence electrons. The maximum absolute atomic E-state index is 13.2. The number of halogens is 1. The van der Waals surface area contributed by atoms with Gasteiger partial charge in [-0.15, -0.1) is 0 Å². The number of carbonyl (C=O) groups is 1. The lowest BCUT2D eigenvalue weighted by atomic mass is 9.78. The summed E-state index contributed by atoms with van der Waals surface area (Å²) in [7, 11) is 0. The standard InChI is InChI=1S/C25H26FNO4/c1-15-4-3-5-22(16(15)2)27-24(28)14-30-19-10-11-20-23(12-19)31-13-21(25(20)29)17-6-8-18(26)9-7-17/h6-13,15-16,22H,3-5,14H2,1-2H3,(H,27,28)/t15-,16-,22-/m1/s1. The van der Waals surface area contributed by atoms with E-state index >= 15 is 0 Å². The molecular formula is C25H26FNO4. The van der Waals surface area contributed by atoms with Gasteiger partial charge in [0.15, 0.2) is 12.0 Å². The summed E-state index contributed by atoms with van der Waals surface area (Å²) in [6.07, 6.45) is 4.69. The second-order valence-corrected chi connectivity index (χ2v) is 8.37. The molecule has 0 unspecified atom stereocenters. The van der Waals surface area contributed by atoms with Gasteiger partial charge in [0, 0.05) is 12.1 Å². The first-order valence-corrected chi connectivity index (χ1v) is 10.7. The van der Waals surface area contributed by atoms with E-state index in [9.17, 15) is 14.0 Å². The molecule has 0 saturated heterocycles. The van der Waals surface area contributed by atoms with Crippen LogP contribution < -0.4 is 15.5 Å². The van der Waals surface area contributed by atoms with Gasteiger partial charge in [-0.1, -0.05) is 38.8 Å². The Morgan fingerprint density at radius 2 is 1.94 bits per heavy atom. The van der Waals surface area contributed by atoms with Gasteiger partial charge >= 0.3 is 0 Å². The number of benzene rings is 2. The van der Waals surface area contributed by atoms with E-state index in [2.05, 4.69) is 19.2 Å². The zero-order valence-corrected chi connectivity index (χ0v) is 17.7. The van der Waals surface area contributed by atoms with Crippen molar-refractivity contribution in [3.63, 3.8) is 0 Å². The molecule has 3 atom stereocenters. The number of hydrogen-bond donors (Lipinski definition) is 1. The highest BCUT2D eigenvalue weighted by molar-refractivity contribution is 5.83. The summed E-state index contributed by atoms with van der Waals surface area (Å²) in [5, 5.41) is 3.47. The van der Waals surface area contributed by atoms with Crippen molar-refractivity contribution in [3.05, 3.63) is 64.8 Å².